The zero-order valence-corrected chi connectivity index (χ0v) is 31.1. The van der Waals surface area contributed by atoms with Crippen molar-refractivity contribution in [1.29, 1.82) is 0 Å². The molecular formula is C49H44N2OS. The largest absolute Gasteiger partial charge is 0.458 e. The highest BCUT2D eigenvalue weighted by molar-refractivity contribution is 7.14. The van der Waals surface area contributed by atoms with Gasteiger partial charge in [0.1, 0.15) is 11.5 Å². The van der Waals surface area contributed by atoms with Crippen molar-refractivity contribution in [2.75, 3.05) is 7.05 Å². The summed E-state index contributed by atoms with van der Waals surface area (Å²) in [4.78, 5) is 2.57. The van der Waals surface area contributed by atoms with Crippen LogP contribution >= 0.6 is 11.3 Å². The van der Waals surface area contributed by atoms with Crippen molar-refractivity contribution >= 4 is 46.4 Å². The summed E-state index contributed by atoms with van der Waals surface area (Å²) >= 11 is 1.87. The molecule has 0 amide bonds. The van der Waals surface area contributed by atoms with Crippen LogP contribution in [-0.4, -0.2) is 13.1 Å². The van der Waals surface area contributed by atoms with Gasteiger partial charge in [-0.3, -0.25) is 0 Å². The Hall–Kier alpha value is -5.94. The van der Waals surface area contributed by atoms with Gasteiger partial charge in [0.25, 0.3) is 0 Å². The molecule has 2 aliphatic rings. The Morgan fingerprint density at radius 3 is 2.32 bits per heavy atom. The Kier molecular flexibility index (Phi) is 11.1. The van der Waals surface area contributed by atoms with Gasteiger partial charge in [0.2, 0.25) is 0 Å². The van der Waals surface area contributed by atoms with Crippen molar-refractivity contribution in [2.24, 2.45) is 5.73 Å². The van der Waals surface area contributed by atoms with Crippen LogP contribution < -0.4 is 11.1 Å². The minimum Gasteiger partial charge on any atom is -0.458 e. The van der Waals surface area contributed by atoms with Crippen LogP contribution in [0.3, 0.4) is 0 Å². The summed E-state index contributed by atoms with van der Waals surface area (Å²) in [6, 6.07) is 38.4. The van der Waals surface area contributed by atoms with Crippen LogP contribution in [0.15, 0.2) is 170 Å². The number of allylic oxidation sites excluding steroid dienone is 7. The Labute approximate surface area is 317 Å². The fraction of sp³-hybridized carbons (Fsp3) is 0.102. The first-order chi connectivity index (χ1) is 26.0. The normalized spacial score (nSPS) is 18.2. The number of benzene rings is 4. The van der Waals surface area contributed by atoms with Crippen LogP contribution in [0.5, 0.6) is 0 Å². The maximum absolute atomic E-state index is 6.67. The number of thiophene rings is 1. The fourth-order valence-electron chi connectivity index (χ4n) is 6.85. The summed E-state index contributed by atoms with van der Waals surface area (Å²) in [5.41, 5.74) is 19.4. The highest BCUT2D eigenvalue weighted by atomic mass is 32.1. The average molecular weight is 709 g/mol. The van der Waals surface area contributed by atoms with Gasteiger partial charge in [0, 0.05) is 22.4 Å². The third-order valence-electron chi connectivity index (χ3n) is 9.47. The van der Waals surface area contributed by atoms with Crippen molar-refractivity contribution < 1.29 is 4.74 Å². The fourth-order valence-corrected chi connectivity index (χ4v) is 8.18. The van der Waals surface area contributed by atoms with Crippen LogP contribution in [-0.2, 0) is 11.2 Å². The van der Waals surface area contributed by atoms with E-state index in [1.165, 1.54) is 48.7 Å². The van der Waals surface area contributed by atoms with E-state index in [0.29, 0.717) is 17.9 Å². The first-order valence-electron chi connectivity index (χ1n) is 18.1. The molecule has 1 unspecified atom stereocenters. The Morgan fingerprint density at radius 1 is 0.830 bits per heavy atom. The van der Waals surface area contributed by atoms with Gasteiger partial charge in [0.05, 0.1) is 11.7 Å². The van der Waals surface area contributed by atoms with Crippen LogP contribution in [0, 0.1) is 0 Å². The topological polar surface area (TPSA) is 47.3 Å². The first-order valence-corrected chi connectivity index (χ1v) is 18.9. The van der Waals surface area contributed by atoms with Gasteiger partial charge in [-0.2, -0.15) is 0 Å². The van der Waals surface area contributed by atoms with Crippen molar-refractivity contribution in [3.05, 3.63) is 213 Å². The molecule has 53 heavy (non-hydrogen) atoms. The summed E-state index contributed by atoms with van der Waals surface area (Å²) in [7, 11) is 1.91. The molecule has 0 saturated heterocycles. The maximum atomic E-state index is 6.67. The van der Waals surface area contributed by atoms with Gasteiger partial charge < -0.3 is 15.8 Å². The molecule has 7 rings (SSSR count). The molecule has 1 aromatic heterocycles. The second kappa shape index (κ2) is 16.6. The van der Waals surface area contributed by atoms with Crippen LogP contribution in [0.2, 0.25) is 0 Å². The zero-order chi connectivity index (χ0) is 36.6. The molecule has 0 fully saturated rings. The molecule has 4 aromatic carbocycles. The molecule has 262 valence electrons. The third kappa shape index (κ3) is 8.10. The van der Waals surface area contributed by atoms with E-state index >= 15 is 0 Å². The van der Waals surface area contributed by atoms with Gasteiger partial charge in [-0.25, -0.2) is 0 Å². The molecule has 1 aliphatic carbocycles. The Balaban J connectivity index is 1.34. The predicted molar refractivity (Wildman–Crippen MR) is 229 cm³/mol. The van der Waals surface area contributed by atoms with Gasteiger partial charge in [-0.15, -0.1) is 11.3 Å². The van der Waals surface area contributed by atoms with Crippen molar-refractivity contribution in [3.8, 4) is 11.1 Å². The minimum absolute atomic E-state index is 0.328. The maximum Gasteiger partial charge on any atom is 0.145 e. The van der Waals surface area contributed by atoms with Crippen molar-refractivity contribution in [2.45, 2.75) is 25.8 Å². The number of nitrogens with two attached hydrogens (primary N) is 1. The van der Waals surface area contributed by atoms with E-state index < -0.39 is 0 Å². The molecule has 0 radical (unpaired) electrons. The second-order valence-corrected chi connectivity index (χ2v) is 14.1. The molecule has 5 aromatic rings. The van der Waals surface area contributed by atoms with Gasteiger partial charge in [-0.05, 0) is 100 Å². The van der Waals surface area contributed by atoms with Crippen LogP contribution in [0.1, 0.15) is 56.5 Å². The Bertz CT molecular complexity index is 2330. The van der Waals surface area contributed by atoms with Crippen LogP contribution in [0.4, 0.5) is 0 Å². The van der Waals surface area contributed by atoms with E-state index in [1.807, 2.05) is 36.6 Å². The van der Waals surface area contributed by atoms with E-state index in [4.69, 9.17) is 10.5 Å². The lowest BCUT2D eigenvalue weighted by Gasteiger charge is -2.21. The summed E-state index contributed by atoms with van der Waals surface area (Å²) in [6.07, 6.45) is 23.0. The monoisotopic (exact) mass is 708 g/mol. The molecule has 1 atom stereocenters. The molecular weight excluding hydrogens is 665 g/mol. The van der Waals surface area contributed by atoms with E-state index in [0.717, 1.165) is 28.8 Å². The third-order valence-corrected chi connectivity index (χ3v) is 10.7. The summed E-state index contributed by atoms with van der Waals surface area (Å²) in [5.74, 6) is 1.21. The second-order valence-electron chi connectivity index (χ2n) is 13.1. The molecule has 1 aliphatic heterocycles. The van der Waals surface area contributed by atoms with E-state index in [9.17, 15) is 0 Å². The molecule has 3 N–H and O–H groups in total. The van der Waals surface area contributed by atoms with Gasteiger partial charge >= 0.3 is 0 Å². The summed E-state index contributed by atoms with van der Waals surface area (Å²) in [6.45, 7) is 6.18. The Morgan fingerprint density at radius 2 is 1.55 bits per heavy atom. The van der Waals surface area contributed by atoms with E-state index in [-0.39, 0.29) is 6.04 Å². The highest BCUT2D eigenvalue weighted by Crippen LogP contribution is 2.43. The SMILES string of the molecule is C=C1/C=C\C=C/CC(N)/C(=C(\NC)c2cccc(-c3cccc(C4=CC(c5ccccc5)=CCc5c4sc(/C=C\C)c5/C=C/c4ccccc4)c3)c2)O1. The number of fused-ring (bicyclic) bond motifs is 1. The molecule has 4 heteroatoms. The molecule has 0 saturated carbocycles. The highest BCUT2D eigenvalue weighted by Gasteiger charge is 2.23. The van der Waals surface area contributed by atoms with Gasteiger partial charge in [-0.1, -0.05) is 146 Å². The average Bonchev–Trinajstić information content (AvgIpc) is 3.46. The lowest BCUT2D eigenvalue weighted by molar-refractivity contribution is 0.293. The number of hydrogen-bond acceptors (Lipinski definition) is 4. The smallest absolute Gasteiger partial charge is 0.145 e. The lowest BCUT2D eigenvalue weighted by Crippen LogP contribution is -2.27. The van der Waals surface area contributed by atoms with Crippen LogP contribution in [0.25, 0.3) is 46.2 Å². The minimum atomic E-state index is -0.328. The van der Waals surface area contributed by atoms with Crippen molar-refractivity contribution in [1.82, 2.24) is 5.32 Å². The molecule has 2 heterocycles. The summed E-state index contributed by atoms with van der Waals surface area (Å²) < 4.78 is 6.25. The number of rotatable bonds is 8. The van der Waals surface area contributed by atoms with Gasteiger partial charge in [0.15, 0.2) is 0 Å². The quantitative estimate of drug-likeness (QED) is 0.169. The van der Waals surface area contributed by atoms with E-state index in [2.05, 4.69) is 171 Å². The zero-order valence-electron chi connectivity index (χ0n) is 30.3. The number of ether oxygens (including phenoxy) is 1. The standard InChI is InChI=1S/C49H44N2OS/c1-4-16-46-42(29-27-35-18-9-6-10-19-35)43-30-28-39(36-20-11-7-12-21-36)33-44(49(43)53-46)40-24-14-22-37(31-40)38-23-15-25-41(32-38)47(51-3)48-45(50)26-13-5-8-17-34(2)52-48/h4-25,27-29,31-33,45,51H,2,26,30,50H2,1,3H3/b13-5-,16-4-,17-8-,29-27+,48-47+. The first kappa shape index (κ1) is 35.5. The molecule has 3 nitrogen and oxygen atoms in total. The summed E-state index contributed by atoms with van der Waals surface area (Å²) in [5, 5.41) is 3.39. The molecule has 0 bridgehead atoms. The number of nitrogens with one attached hydrogen (secondary N) is 1. The lowest BCUT2D eigenvalue weighted by atomic mass is 9.93. The van der Waals surface area contributed by atoms with Crippen molar-refractivity contribution in [3.63, 3.8) is 0 Å². The molecule has 0 spiro atoms. The number of hydrogen-bond donors (Lipinski definition) is 2. The van der Waals surface area contributed by atoms with E-state index in [1.54, 1.807) is 0 Å². The predicted octanol–water partition coefficient (Wildman–Crippen LogP) is 12.0.